The molecule has 6 aromatic rings. The maximum Gasteiger partial charge on any atom is 0.134 e. The number of benzene rings is 6. The van der Waals surface area contributed by atoms with Gasteiger partial charge >= 0.3 is 0 Å². The minimum Gasteiger partial charge on any atom is -0.493 e. The Morgan fingerprint density at radius 2 is 0.579 bits per heavy atom. The predicted octanol–water partition coefficient (Wildman–Crippen LogP) is 21.2. The highest BCUT2D eigenvalue weighted by molar-refractivity contribution is 6.01. The van der Waals surface area contributed by atoms with E-state index < -0.39 is 0 Å². The summed E-state index contributed by atoms with van der Waals surface area (Å²) >= 11 is 0. The summed E-state index contributed by atoms with van der Waals surface area (Å²) in [5.74, 6) is 5.34. The molecule has 0 heterocycles. The van der Waals surface area contributed by atoms with Crippen molar-refractivity contribution in [2.24, 2.45) is 0 Å². The second-order valence-electron chi connectivity index (χ2n) is 20.9. The van der Waals surface area contributed by atoms with Crippen molar-refractivity contribution in [2.75, 3.05) is 39.6 Å². The lowest BCUT2D eigenvalue weighted by molar-refractivity contribution is 0.301. The van der Waals surface area contributed by atoms with Gasteiger partial charge in [-0.25, -0.2) is 0 Å². The number of unbranched alkanes of at least 4 members (excludes halogenated alkanes) is 18. The van der Waals surface area contributed by atoms with Gasteiger partial charge in [0.05, 0.1) is 39.6 Å². The Balaban J connectivity index is 1.48. The van der Waals surface area contributed by atoms with Crippen molar-refractivity contribution < 1.29 is 28.4 Å². The standard InChI is InChI=1S/C70H96O6/c1-7-13-19-29-45-71-65-52-55(39-40-57-53-66(72-46-30-20-14-8-2)59-35-25-27-37-62(59)69(57)75-49-33-23-17-11-5)51-64-61(65)44-43-56(68(64)74-48-32-22-16-10-4)41-42-58-54-67(73-47-31-21-15-9-3)60-36-26-28-38-63(60)70(58)76-50-34-24-18-12-6/h25-28,35-44,51-54H,7-24,29-34,45-50H2,1-6H3/b40-39+,42-41+. The maximum atomic E-state index is 7.02. The van der Waals surface area contributed by atoms with Crippen LogP contribution in [0.4, 0.5) is 0 Å². The molecule has 0 fully saturated rings. The van der Waals surface area contributed by atoms with Gasteiger partial charge in [-0.05, 0) is 74.4 Å². The van der Waals surface area contributed by atoms with Crippen LogP contribution in [-0.2, 0) is 0 Å². The van der Waals surface area contributed by atoms with Crippen molar-refractivity contribution >= 4 is 56.6 Å². The molecule has 0 saturated heterocycles. The molecule has 0 amide bonds. The summed E-state index contributed by atoms with van der Waals surface area (Å²) < 4.78 is 40.6. The van der Waals surface area contributed by atoms with Gasteiger partial charge in [0.15, 0.2) is 0 Å². The number of rotatable bonds is 40. The third-order valence-electron chi connectivity index (χ3n) is 14.5. The largest absolute Gasteiger partial charge is 0.493 e. The number of hydrogen-bond acceptors (Lipinski definition) is 6. The number of fused-ring (bicyclic) bond motifs is 3. The third-order valence-corrected chi connectivity index (χ3v) is 14.5. The van der Waals surface area contributed by atoms with E-state index in [0.717, 1.165) is 153 Å². The highest BCUT2D eigenvalue weighted by Crippen LogP contribution is 2.43. The molecule has 0 bridgehead atoms. The Hall–Kier alpha value is -5.62. The zero-order valence-electron chi connectivity index (χ0n) is 48.1. The molecule has 0 unspecified atom stereocenters. The molecular weight excluding hydrogens is 937 g/mol. The van der Waals surface area contributed by atoms with E-state index in [4.69, 9.17) is 28.4 Å². The van der Waals surface area contributed by atoms with Crippen LogP contribution in [0.3, 0.4) is 0 Å². The third kappa shape index (κ3) is 18.5. The van der Waals surface area contributed by atoms with E-state index in [9.17, 15) is 0 Å². The maximum absolute atomic E-state index is 7.02. The van der Waals surface area contributed by atoms with Gasteiger partial charge in [0.2, 0.25) is 0 Å². The van der Waals surface area contributed by atoms with E-state index in [1.807, 2.05) is 0 Å². The van der Waals surface area contributed by atoms with Crippen LogP contribution in [0.1, 0.15) is 218 Å². The van der Waals surface area contributed by atoms with Crippen LogP contribution in [0.25, 0.3) is 56.6 Å². The molecule has 412 valence electrons. The molecule has 0 aliphatic heterocycles. The Labute approximate surface area is 459 Å². The fraction of sp³-hybridized carbons (Fsp3) is 0.514. The summed E-state index contributed by atoms with van der Waals surface area (Å²) in [5, 5.41) is 6.42. The zero-order valence-corrected chi connectivity index (χ0v) is 48.1. The summed E-state index contributed by atoms with van der Waals surface area (Å²) in [5.41, 5.74) is 4.05. The molecule has 76 heavy (non-hydrogen) atoms. The number of ether oxygens (including phenoxy) is 6. The van der Waals surface area contributed by atoms with Crippen LogP contribution in [0.2, 0.25) is 0 Å². The van der Waals surface area contributed by atoms with Crippen LogP contribution in [0.5, 0.6) is 34.5 Å². The average molecular weight is 1030 g/mol. The Morgan fingerprint density at radius 3 is 0.974 bits per heavy atom. The molecule has 0 atom stereocenters. The minimum absolute atomic E-state index is 0.628. The van der Waals surface area contributed by atoms with E-state index in [0.29, 0.717) is 39.6 Å². The van der Waals surface area contributed by atoms with Crippen molar-refractivity contribution in [1.82, 2.24) is 0 Å². The molecule has 0 aliphatic rings. The van der Waals surface area contributed by atoms with Gasteiger partial charge in [-0.3, -0.25) is 0 Å². The fourth-order valence-corrected chi connectivity index (χ4v) is 10.0. The highest BCUT2D eigenvalue weighted by Gasteiger charge is 2.18. The molecule has 0 N–H and O–H groups in total. The molecule has 0 saturated carbocycles. The number of hydrogen-bond donors (Lipinski definition) is 0. The first-order chi connectivity index (χ1) is 37.5. The first-order valence-electron chi connectivity index (χ1n) is 30.4. The normalized spacial score (nSPS) is 11.7. The summed E-state index contributed by atoms with van der Waals surface area (Å²) in [4.78, 5) is 0. The van der Waals surface area contributed by atoms with Gasteiger partial charge in [-0.1, -0.05) is 236 Å². The lowest BCUT2D eigenvalue weighted by Crippen LogP contribution is -2.03. The van der Waals surface area contributed by atoms with Crippen LogP contribution < -0.4 is 28.4 Å². The van der Waals surface area contributed by atoms with Crippen LogP contribution in [0.15, 0.2) is 84.9 Å². The monoisotopic (exact) mass is 1030 g/mol. The second kappa shape index (κ2) is 34.9. The SMILES string of the molecule is CCCCCCOc1cc(/C=C/c2cc(OCCCCCC)c3ccc(/C=C/c4cc(OCCCCCC)c5ccccc5c4OCCCCCC)c(OCCCCCC)c3c2)c(OCCCCCC)c2ccccc12. The molecule has 0 aliphatic carbocycles. The first-order valence-corrected chi connectivity index (χ1v) is 30.4. The Kier molecular flexibility index (Phi) is 27.4. The lowest BCUT2D eigenvalue weighted by atomic mass is 9.98. The Bertz CT molecular complexity index is 2660. The second-order valence-corrected chi connectivity index (χ2v) is 20.9. The van der Waals surface area contributed by atoms with Crippen LogP contribution in [0, 0.1) is 0 Å². The molecule has 0 spiro atoms. The van der Waals surface area contributed by atoms with Gasteiger partial charge in [0.25, 0.3) is 0 Å². The smallest absolute Gasteiger partial charge is 0.134 e. The van der Waals surface area contributed by atoms with Gasteiger partial charge in [-0.15, -0.1) is 0 Å². The van der Waals surface area contributed by atoms with E-state index in [2.05, 4.69) is 151 Å². The van der Waals surface area contributed by atoms with Gasteiger partial charge in [0, 0.05) is 49.0 Å². The predicted molar refractivity (Wildman–Crippen MR) is 328 cm³/mol. The van der Waals surface area contributed by atoms with Crippen molar-refractivity contribution in [3.8, 4) is 34.5 Å². The Morgan fingerprint density at radius 1 is 0.263 bits per heavy atom. The van der Waals surface area contributed by atoms with Gasteiger partial charge in [0.1, 0.15) is 34.5 Å². The average Bonchev–Trinajstić information content (AvgIpc) is 3.45. The van der Waals surface area contributed by atoms with E-state index in [-0.39, 0.29) is 0 Å². The molecule has 6 rings (SSSR count). The van der Waals surface area contributed by atoms with E-state index >= 15 is 0 Å². The molecular formula is C70H96O6. The first kappa shape index (κ1) is 59.6. The van der Waals surface area contributed by atoms with Crippen LogP contribution >= 0.6 is 0 Å². The zero-order chi connectivity index (χ0) is 53.4. The summed E-state index contributed by atoms with van der Waals surface area (Å²) in [6, 6.07) is 30.4. The molecule has 6 aromatic carbocycles. The lowest BCUT2D eigenvalue weighted by Gasteiger charge is -2.18. The van der Waals surface area contributed by atoms with Gasteiger partial charge < -0.3 is 28.4 Å². The van der Waals surface area contributed by atoms with Crippen molar-refractivity contribution in [3.63, 3.8) is 0 Å². The van der Waals surface area contributed by atoms with E-state index in [1.54, 1.807) is 0 Å². The van der Waals surface area contributed by atoms with E-state index in [1.165, 1.54) is 89.9 Å². The fourth-order valence-electron chi connectivity index (χ4n) is 10.0. The molecule has 0 aromatic heterocycles. The summed E-state index contributed by atoms with van der Waals surface area (Å²) in [7, 11) is 0. The van der Waals surface area contributed by atoms with Gasteiger partial charge in [-0.2, -0.15) is 0 Å². The topological polar surface area (TPSA) is 55.4 Å². The van der Waals surface area contributed by atoms with Crippen LogP contribution in [-0.4, -0.2) is 39.6 Å². The molecule has 6 heteroatoms. The molecule has 6 nitrogen and oxygen atoms in total. The van der Waals surface area contributed by atoms with Crippen molar-refractivity contribution in [3.05, 3.63) is 107 Å². The summed E-state index contributed by atoms with van der Waals surface area (Å²) in [6.07, 6.45) is 36.3. The summed E-state index contributed by atoms with van der Waals surface area (Å²) in [6.45, 7) is 17.5. The molecule has 0 radical (unpaired) electrons. The highest BCUT2D eigenvalue weighted by atomic mass is 16.5. The quantitative estimate of drug-likeness (QED) is 0.0282. The van der Waals surface area contributed by atoms with Crippen molar-refractivity contribution in [2.45, 2.75) is 196 Å². The van der Waals surface area contributed by atoms with Crippen molar-refractivity contribution in [1.29, 1.82) is 0 Å². The minimum atomic E-state index is 0.628.